The molecule has 0 unspecified atom stereocenters. The molecule has 6 nitrogen and oxygen atoms in total. The highest BCUT2D eigenvalue weighted by atomic mass is 79.9. The lowest BCUT2D eigenvalue weighted by molar-refractivity contribution is -0.116. The Hall–Kier alpha value is -2.39. The summed E-state index contributed by atoms with van der Waals surface area (Å²) in [5, 5.41) is 3.04. The van der Waals surface area contributed by atoms with E-state index in [9.17, 15) is 13.2 Å². The molecule has 0 aliphatic heterocycles. The number of nitrogens with one attached hydrogen (secondary N) is 1. The summed E-state index contributed by atoms with van der Waals surface area (Å²) in [7, 11) is -2.39. The van der Waals surface area contributed by atoms with Gasteiger partial charge in [-0.1, -0.05) is 57.9 Å². The van der Waals surface area contributed by atoms with Crippen LogP contribution in [0.1, 0.15) is 5.56 Å². The maximum absolute atomic E-state index is 13.3. The number of hydrogen-bond acceptors (Lipinski definition) is 4. The normalized spacial score (nSPS) is 11.4. The molecule has 0 heterocycles. The van der Waals surface area contributed by atoms with E-state index in [1.54, 1.807) is 30.3 Å². The number of hydrogen-bond donors (Lipinski definition) is 1. The number of carbonyl (C=O) groups is 1. The molecule has 0 saturated heterocycles. The SMILES string of the molecule is COc1ccc(NC(=O)CN(CCc2ccccc2)S(=O)(=O)c2ccc(Br)cc2)cc1Cl. The Balaban J connectivity index is 1.80. The minimum absolute atomic E-state index is 0.119. The quantitative estimate of drug-likeness (QED) is 0.418. The third kappa shape index (κ3) is 6.32. The van der Waals surface area contributed by atoms with Crippen molar-refractivity contribution in [3.8, 4) is 5.75 Å². The van der Waals surface area contributed by atoms with Crippen LogP contribution in [0.15, 0.2) is 82.2 Å². The third-order valence-corrected chi connectivity index (χ3v) is 7.38. The van der Waals surface area contributed by atoms with Crippen LogP contribution >= 0.6 is 27.5 Å². The van der Waals surface area contributed by atoms with Gasteiger partial charge in [0, 0.05) is 16.7 Å². The summed E-state index contributed by atoms with van der Waals surface area (Å²) >= 11 is 9.43. The van der Waals surface area contributed by atoms with Gasteiger partial charge in [0.2, 0.25) is 15.9 Å². The monoisotopic (exact) mass is 536 g/mol. The fourth-order valence-corrected chi connectivity index (χ4v) is 4.96. The van der Waals surface area contributed by atoms with E-state index in [2.05, 4.69) is 21.2 Å². The van der Waals surface area contributed by atoms with Crippen LogP contribution in [-0.4, -0.2) is 38.8 Å². The van der Waals surface area contributed by atoms with Gasteiger partial charge in [-0.05, 0) is 54.4 Å². The van der Waals surface area contributed by atoms with Crippen molar-refractivity contribution in [3.05, 3.63) is 87.9 Å². The Bertz CT molecular complexity index is 1170. The second-order valence-corrected chi connectivity index (χ2v) is 10.2. The van der Waals surface area contributed by atoms with E-state index >= 15 is 0 Å². The summed E-state index contributed by atoms with van der Waals surface area (Å²) in [4.78, 5) is 12.9. The van der Waals surface area contributed by atoms with Crippen molar-refractivity contribution in [1.82, 2.24) is 4.31 Å². The van der Waals surface area contributed by atoms with Gasteiger partial charge >= 0.3 is 0 Å². The van der Waals surface area contributed by atoms with Gasteiger partial charge in [-0.15, -0.1) is 0 Å². The van der Waals surface area contributed by atoms with Gasteiger partial charge in [0.1, 0.15) is 5.75 Å². The predicted octanol–water partition coefficient (Wildman–Crippen LogP) is 4.98. The number of anilines is 1. The van der Waals surface area contributed by atoms with Crippen LogP contribution in [-0.2, 0) is 21.2 Å². The first kappa shape index (κ1) is 24.3. The second-order valence-electron chi connectivity index (χ2n) is 6.93. The van der Waals surface area contributed by atoms with Crippen LogP contribution in [0.5, 0.6) is 5.75 Å². The smallest absolute Gasteiger partial charge is 0.243 e. The van der Waals surface area contributed by atoms with Crippen LogP contribution in [0, 0.1) is 0 Å². The number of ether oxygens (including phenoxy) is 1. The molecular weight excluding hydrogens is 516 g/mol. The van der Waals surface area contributed by atoms with Gasteiger partial charge in [-0.2, -0.15) is 4.31 Å². The highest BCUT2D eigenvalue weighted by Crippen LogP contribution is 2.27. The molecular formula is C23H22BrClN2O4S. The van der Waals surface area contributed by atoms with Gasteiger partial charge in [-0.3, -0.25) is 4.79 Å². The van der Waals surface area contributed by atoms with E-state index in [0.29, 0.717) is 22.9 Å². The average Bonchev–Trinajstić information content (AvgIpc) is 2.77. The van der Waals surface area contributed by atoms with Crippen molar-refractivity contribution < 1.29 is 17.9 Å². The van der Waals surface area contributed by atoms with E-state index in [4.69, 9.17) is 16.3 Å². The molecule has 1 N–H and O–H groups in total. The van der Waals surface area contributed by atoms with E-state index in [0.717, 1.165) is 10.0 Å². The number of halogens is 2. The lowest BCUT2D eigenvalue weighted by Crippen LogP contribution is -2.39. The van der Waals surface area contributed by atoms with Crippen molar-refractivity contribution in [2.24, 2.45) is 0 Å². The van der Waals surface area contributed by atoms with Crippen LogP contribution in [0.4, 0.5) is 5.69 Å². The summed E-state index contributed by atoms with van der Waals surface area (Å²) < 4.78 is 33.6. The highest BCUT2D eigenvalue weighted by Gasteiger charge is 2.26. The summed E-state index contributed by atoms with van der Waals surface area (Å²) in [6.45, 7) is -0.186. The molecule has 3 aromatic carbocycles. The summed E-state index contributed by atoms with van der Waals surface area (Å²) in [6, 6.07) is 20.7. The Morgan fingerprint density at radius 2 is 1.75 bits per heavy atom. The zero-order valence-electron chi connectivity index (χ0n) is 17.3. The lowest BCUT2D eigenvalue weighted by atomic mass is 10.1. The van der Waals surface area contributed by atoms with Gasteiger partial charge in [0.05, 0.1) is 23.6 Å². The summed E-state index contributed by atoms with van der Waals surface area (Å²) in [6.07, 6.45) is 0.470. The van der Waals surface area contributed by atoms with Gasteiger partial charge < -0.3 is 10.1 Å². The first-order valence-electron chi connectivity index (χ1n) is 9.72. The number of rotatable bonds is 9. The Kier molecular flexibility index (Phi) is 8.31. The molecule has 0 radical (unpaired) electrons. The minimum Gasteiger partial charge on any atom is -0.495 e. The first-order valence-corrected chi connectivity index (χ1v) is 12.3. The topological polar surface area (TPSA) is 75.7 Å². The van der Waals surface area contributed by atoms with Gasteiger partial charge in [-0.25, -0.2) is 8.42 Å². The fraction of sp³-hybridized carbons (Fsp3) is 0.174. The van der Waals surface area contributed by atoms with Crippen LogP contribution in [0.25, 0.3) is 0 Å². The van der Waals surface area contributed by atoms with Crippen LogP contribution in [0.3, 0.4) is 0 Å². The number of benzene rings is 3. The maximum Gasteiger partial charge on any atom is 0.243 e. The molecule has 0 aromatic heterocycles. The van der Waals surface area contributed by atoms with Gasteiger partial charge in [0.15, 0.2) is 0 Å². The first-order chi connectivity index (χ1) is 15.3. The Morgan fingerprint density at radius 1 is 1.06 bits per heavy atom. The molecule has 0 bridgehead atoms. The number of sulfonamides is 1. The zero-order valence-corrected chi connectivity index (χ0v) is 20.5. The molecule has 9 heteroatoms. The standard InChI is InChI=1S/C23H22BrClN2O4S/c1-31-22-12-9-19(15-21(22)25)26-23(28)16-27(14-13-17-5-3-2-4-6-17)32(29,30)20-10-7-18(24)8-11-20/h2-12,15H,13-14,16H2,1H3,(H,26,28). The summed E-state index contributed by atoms with van der Waals surface area (Å²) in [5.41, 5.74) is 1.43. The average molecular weight is 538 g/mol. The van der Waals surface area contributed by atoms with E-state index < -0.39 is 15.9 Å². The molecule has 0 aliphatic carbocycles. The molecule has 32 heavy (non-hydrogen) atoms. The fourth-order valence-electron chi connectivity index (χ4n) is 3.04. The van der Waals surface area contributed by atoms with Crippen molar-refractivity contribution in [1.29, 1.82) is 0 Å². The van der Waals surface area contributed by atoms with Gasteiger partial charge in [0.25, 0.3) is 0 Å². The number of amides is 1. The molecule has 0 saturated carbocycles. The predicted molar refractivity (Wildman–Crippen MR) is 130 cm³/mol. The highest BCUT2D eigenvalue weighted by molar-refractivity contribution is 9.10. The Morgan fingerprint density at radius 3 is 2.38 bits per heavy atom. The molecule has 0 spiro atoms. The lowest BCUT2D eigenvalue weighted by Gasteiger charge is -2.22. The van der Waals surface area contributed by atoms with Crippen LogP contribution in [0.2, 0.25) is 5.02 Å². The van der Waals surface area contributed by atoms with Crippen molar-refractivity contribution in [2.75, 3.05) is 25.5 Å². The largest absolute Gasteiger partial charge is 0.495 e. The molecule has 3 rings (SSSR count). The van der Waals surface area contributed by atoms with E-state index in [1.807, 2.05) is 30.3 Å². The Labute approximate surface area is 201 Å². The van der Waals surface area contributed by atoms with Crippen LogP contribution < -0.4 is 10.1 Å². The van der Waals surface area contributed by atoms with Crippen molar-refractivity contribution >= 4 is 49.1 Å². The number of carbonyl (C=O) groups excluding carboxylic acids is 1. The third-order valence-electron chi connectivity index (χ3n) is 4.70. The maximum atomic E-state index is 13.3. The van der Waals surface area contributed by atoms with E-state index in [1.165, 1.54) is 23.5 Å². The molecule has 0 atom stereocenters. The molecule has 168 valence electrons. The number of nitrogens with zero attached hydrogens (tertiary/aromatic N) is 1. The minimum atomic E-state index is -3.89. The zero-order chi connectivity index (χ0) is 23.1. The van der Waals surface area contributed by atoms with Crippen molar-refractivity contribution in [3.63, 3.8) is 0 Å². The van der Waals surface area contributed by atoms with E-state index in [-0.39, 0.29) is 18.0 Å². The second kappa shape index (κ2) is 11.0. The molecule has 1 amide bonds. The van der Waals surface area contributed by atoms with Crippen molar-refractivity contribution in [2.45, 2.75) is 11.3 Å². The molecule has 3 aromatic rings. The number of methoxy groups -OCH3 is 1. The molecule has 0 fully saturated rings. The summed E-state index contributed by atoms with van der Waals surface area (Å²) in [5.74, 6) is 0.00644. The molecule has 0 aliphatic rings.